The number of aliphatic hydroxyl groups is 1. The second-order valence-corrected chi connectivity index (χ2v) is 11.1. The number of halogens is 1. The summed E-state index contributed by atoms with van der Waals surface area (Å²) in [5.41, 5.74) is 1.26. The summed E-state index contributed by atoms with van der Waals surface area (Å²) in [5.74, 6) is -0.267. The van der Waals surface area contributed by atoms with Crippen LogP contribution in [0.25, 0.3) is 11.1 Å². The zero-order valence-electron chi connectivity index (χ0n) is 21.3. The van der Waals surface area contributed by atoms with Crippen molar-refractivity contribution in [1.29, 1.82) is 0 Å². The standard InChI is InChI=1S/C29H39FN2O3/c1-28(2,3)35-27(33)32-19-17-31(18-20-32)21-25(29(34)15-7-4-8-16-29)23-13-11-22(12-14-23)24-9-5-6-10-26(24)30/h5-6,9-14,25,34H,4,7-8,15-21H2,1-3H3. The number of carbonyl (C=O) groups is 1. The van der Waals surface area contributed by atoms with Gasteiger partial charge in [-0.15, -0.1) is 0 Å². The molecule has 1 heterocycles. The predicted octanol–water partition coefficient (Wildman–Crippen LogP) is 5.82. The first-order valence-corrected chi connectivity index (χ1v) is 12.9. The number of piperazine rings is 1. The van der Waals surface area contributed by atoms with Crippen LogP contribution in [-0.4, -0.2) is 64.9 Å². The zero-order valence-corrected chi connectivity index (χ0v) is 21.3. The topological polar surface area (TPSA) is 53.0 Å². The van der Waals surface area contributed by atoms with E-state index in [0.717, 1.165) is 62.9 Å². The molecule has 0 aromatic heterocycles. The van der Waals surface area contributed by atoms with Crippen LogP contribution in [0.1, 0.15) is 64.4 Å². The number of amides is 1. The molecule has 1 saturated heterocycles. The first-order chi connectivity index (χ1) is 16.6. The smallest absolute Gasteiger partial charge is 0.410 e. The number of hydrogen-bond donors (Lipinski definition) is 1. The Morgan fingerprint density at radius 2 is 1.63 bits per heavy atom. The van der Waals surface area contributed by atoms with E-state index < -0.39 is 11.2 Å². The third kappa shape index (κ3) is 6.42. The molecule has 190 valence electrons. The van der Waals surface area contributed by atoms with E-state index in [2.05, 4.69) is 17.0 Å². The molecule has 1 aliphatic carbocycles. The van der Waals surface area contributed by atoms with E-state index >= 15 is 0 Å². The van der Waals surface area contributed by atoms with Crippen LogP contribution >= 0.6 is 0 Å². The number of hydrogen-bond acceptors (Lipinski definition) is 4. The molecule has 0 bridgehead atoms. The molecule has 1 aliphatic heterocycles. The first-order valence-electron chi connectivity index (χ1n) is 12.9. The van der Waals surface area contributed by atoms with Gasteiger partial charge in [0, 0.05) is 44.2 Å². The molecule has 2 fully saturated rings. The summed E-state index contributed by atoms with van der Waals surface area (Å²) in [7, 11) is 0. The largest absolute Gasteiger partial charge is 0.444 e. The Labute approximate surface area is 208 Å². The Bertz CT molecular complexity index is 988. The van der Waals surface area contributed by atoms with E-state index in [-0.39, 0.29) is 17.8 Å². The summed E-state index contributed by atoms with van der Waals surface area (Å²) in [4.78, 5) is 16.6. The summed E-state index contributed by atoms with van der Waals surface area (Å²) in [6, 6.07) is 14.8. The SMILES string of the molecule is CC(C)(C)OC(=O)N1CCN(CC(c2ccc(-c3ccccc3F)cc2)C2(O)CCCCC2)CC1. The van der Waals surface area contributed by atoms with Gasteiger partial charge in [0.05, 0.1) is 5.60 Å². The van der Waals surface area contributed by atoms with Crippen LogP contribution in [0, 0.1) is 5.82 Å². The Balaban J connectivity index is 1.49. The molecule has 2 aromatic rings. The molecule has 6 heteroatoms. The Kier molecular flexibility index (Phi) is 7.82. The van der Waals surface area contributed by atoms with Gasteiger partial charge in [0.25, 0.3) is 0 Å². The number of benzene rings is 2. The maximum atomic E-state index is 14.3. The zero-order chi connectivity index (χ0) is 25.1. The fraction of sp³-hybridized carbons (Fsp3) is 0.552. The summed E-state index contributed by atoms with van der Waals surface area (Å²) in [6.45, 7) is 9.12. The monoisotopic (exact) mass is 482 g/mol. The second-order valence-electron chi connectivity index (χ2n) is 11.1. The lowest BCUT2D eigenvalue weighted by Crippen LogP contribution is -2.52. The minimum absolute atomic E-state index is 0.0365. The van der Waals surface area contributed by atoms with Gasteiger partial charge in [0.1, 0.15) is 11.4 Å². The van der Waals surface area contributed by atoms with Gasteiger partial charge in [-0.3, -0.25) is 4.90 Å². The van der Waals surface area contributed by atoms with Crippen LogP contribution in [-0.2, 0) is 4.74 Å². The summed E-state index contributed by atoms with van der Waals surface area (Å²) >= 11 is 0. The van der Waals surface area contributed by atoms with Gasteiger partial charge in [-0.2, -0.15) is 0 Å². The first kappa shape index (κ1) is 25.6. The van der Waals surface area contributed by atoms with Crippen molar-refractivity contribution in [1.82, 2.24) is 9.80 Å². The van der Waals surface area contributed by atoms with Crippen molar-refractivity contribution >= 4 is 6.09 Å². The van der Waals surface area contributed by atoms with Gasteiger partial charge in [-0.1, -0.05) is 61.7 Å². The number of carbonyl (C=O) groups excluding carboxylic acids is 1. The van der Waals surface area contributed by atoms with Gasteiger partial charge in [-0.25, -0.2) is 9.18 Å². The van der Waals surface area contributed by atoms with Crippen LogP contribution in [0.5, 0.6) is 0 Å². The highest BCUT2D eigenvalue weighted by Crippen LogP contribution is 2.41. The molecular weight excluding hydrogens is 443 g/mol. The van der Waals surface area contributed by atoms with Crippen molar-refractivity contribution in [2.24, 2.45) is 0 Å². The molecular formula is C29H39FN2O3. The Morgan fingerprint density at radius 1 is 1.00 bits per heavy atom. The maximum absolute atomic E-state index is 14.3. The van der Waals surface area contributed by atoms with Gasteiger partial charge in [-0.05, 0) is 50.8 Å². The number of rotatable bonds is 5. The van der Waals surface area contributed by atoms with E-state index in [4.69, 9.17) is 4.74 Å². The second kappa shape index (κ2) is 10.7. The number of nitrogens with zero attached hydrogens (tertiary/aromatic N) is 2. The summed E-state index contributed by atoms with van der Waals surface area (Å²) < 4.78 is 19.8. The Hall–Kier alpha value is -2.44. The van der Waals surface area contributed by atoms with Gasteiger partial charge >= 0.3 is 6.09 Å². The highest BCUT2D eigenvalue weighted by Gasteiger charge is 2.40. The van der Waals surface area contributed by atoms with Gasteiger partial charge < -0.3 is 14.7 Å². The third-order valence-electron chi connectivity index (χ3n) is 7.33. The predicted molar refractivity (Wildman–Crippen MR) is 137 cm³/mol. The molecule has 0 spiro atoms. The van der Waals surface area contributed by atoms with Crippen LogP contribution in [0.4, 0.5) is 9.18 Å². The quantitative estimate of drug-likeness (QED) is 0.583. The van der Waals surface area contributed by atoms with E-state index in [1.807, 2.05) is 39.0 Å². The molecule has 1 N–H and O–H groups in total. The normalized spacial score (nSPS) is 19.9. The van der Waals surface area contributed by atoms with Crippen molar-refractivity contribution in [2.75, 3.05) is 32.7 Å². The fourth-order valence-electron chi connectivity index (χ4n) is 5.39. The van der Waals surface area contributed by atoms with E-state index in [1.54, 1.807) is 17.0 Å². The average Bonchev–Trinajstić information content (AvgIpc) is 2.83. The fourth-order valence-corrected chi connectivity index (χ4v) is 5.39. The lowest BCUT2D eigenvalue weighted by atomic mass is 9.72. The molecule has 4 rings (SSSR count). The van der Waals surface area contributed by atoms with Crippen molar-refractivity contribution in [3.8, 4) is 11.1 Å². The van der Waals surface area contributed by atoms with E-state index in [1.165, 1.54) is 6.07 Å². The van der Waals surface area contributed by atoms with E-state index in [0.29, 0.717) is 18.7 Å². The minimum atomic E-state index is -0.750. The van der Waals surface area contributed by atoms with Crippen molar-refractivity contribution in [3.05, 3.63) is 59.9 Å². The highest BCUT2D eigenvalue weighted by atomic mass is 19.1. The van der Waals surface area contributed by atoms with Gasteiger partial charge in [0.15, 0.2) is 0 Å². The molecule has 1 unspecified atom stereocenters. The van der Waals surface area contributed by atoms with Crippen molar-refractivity contribution in [2.45, 2.75) is 70.0 Å². The molecule has 1 saturated carbocycles. The molecule has 2 aromatic carbocycles. The molecule has 5 nitrogen and oxygen atoms in total. The van der Waals surface area contributed by atoms with Crippen molar-refractivity contribution in [3.63, 3.8) is 0 Å². The lowest BCUT2D eigenvalue weighted by Gasteiger charge is -2.43. The summed E-state index contributed by atoms with van der Waals surface area (Å²) in [6.07, 6.45) is 4.56. The molecule has 1 amide bonds. The Morgan fingerprint density at radius 3 is 2.23 bits per heavy atom. The van der Waals surface area contributed by atoms with Crippen LogP contribution in [0.2, 0.25) is 0 Å². The van der Waals surface area contributed by atoms with Gasteiger partial charge in [0.2, 0.25) is 0 Å². The minimum Gasteiger partial charge on any atom is -0.444 e. The highest BCUT2D eigenvalue weighted by molar-refractivity contribution is 5.68. The third-order valence-corrected chi connectivity index (χ3v) is 7.33. The van der Waals surface area contributed by atoms with Crippen molar-refractivity contribution < 1.29 is 19.0 Å². The maximum Gasteiger partial charge on any atom is 0.410 e. The van der Waals surface area contributed by atoms with Crippen LogP contribution in [0.15, 0.2) is 48.5 Å². The molecule has 2 aliphatic rings. The molecule has 1 atom stereocenters. The molecule has 0 radical (unpaired) electrons. The lowest BCUT2D eigenvalue weighted by molar-refractivity contribution is -0.0356. The average molecular weight is 483 g/mol. The van der Waals surface area contributed by atoms with E-state index in [9.17, 15) is 14.3 Å². The molecule has 35 heavy (non-hydrogen) atoms. The van der Waals surface area contributed by atoms with Crippen LogP contribution in [0.3, 0.4) is 0 Å². The van der Waals surface area contributed by atoms with Crippen LogP contribution < -0.4 is 0 Å². The summed E-state index contributed by atoms with van der Waals surface area (Å²) in [5, 5.41) is 11.7. The number of ether oxygens (including phenoxy) is 1.